The van der Waals surface area contributed by atoms with Crippen LogP contribution in [-0.4, -0.2) is 25.2 Å². The Kier molecular flexibility index (Phi) is 6.26. The summed E-state index contributed by atoms with van der Waals surface area (Å²) in [5.74, 6) is 0.0252. The molecule has 1 N–H and O–H groups in total. The zero-order valence-corrected chi connectivity index (χ0v) is 18.0. The molecule has 168 valence electrons. The Morgan fingerprint density at radius 2 is 1.67 bits per heavy atom. The first kappa shape index (κ1) is 21.9. The van der Waals surface area contributed by atoms with Gasteiger partial charge in [0.25, 0.3) is 0 Å². The lowest BCUT2D eigenvalue weighted by Crippen LogP contribution is -2.41. The van der Waals surface area contributed by atoms with Crippen molar-refractivity contribution in [1.82, 2.24) is 5.32 Å². The van der Waals surface area contributed by atoms with Gasteiger partial charge in [-0.15, -0.1) is 0 Å². The number of ether oxygens (including phenoxy) is 3. The highest BCUT2D eigenvalue weighted by Crippen LogP contribution is 2.28. The van der Waals surface area contributed by atoms with Crippen molar-refractivity contribution < 1.29 is 28.2 Å². The maximum Gasteiger partial charge on any atom is 0.408 e. The number of rotatable bonds is 6. The molecule has 1 atom stereocenters. The van der Waals surface area contributed by atoms with Gasteiger partial charge in [-0.2, -0.15) is 0 Å². The van der Waals surface area contributed by atoms with Crippen LogP contribution in [0.4, 0.5) is 4.79 Å². The predicted octanol–water partition coefficient (Wildman–Crippen LogP) is 4.18. The van der Waals surface area contributed by atoms with Crippen LogP contribution in [-0.2, 0) is 16.1 Å². The van der Waals surface area contributed by atoms with Gasteiger partial charge in [0.15, 0.2) is 0 Å². The van der Waals surface area contributed by atoms with Crippen molar-refractivity contribution in [3.63, 3.8) is 0 Å². The van der Waals surface area contributed by atoms with Gasteiger partial charge in [-0.05, 0) is 42.8 Å². The fourth-order valence-corrected chi connectivity index (χ4v) is 3.29. The molecule has 4 aromatic rings. The van der Waals surface area contributed by atoms with Gasteiger partial charge in [0.2, 0.25) is 0 Å². The van der Waals surface area contributed by atoms with Crippen LogP contribution in [0.5, 0.6) is 11.5 Å². The zero-order valence-electron chi connectivity index (χ0n) is 18.0. The van der Waals surface area contributed by atoms with Gasteiger partial charge in [0, 0.05) is 16.8 Å². The Hall–Kier alpha value is -4.33. The van der Waals surface area contributed by atoms with Gasteiger partial charge in [0.05, 0.1) is 12.5 Å². The number of nitrogens with one attached hydrogen (secondary N) is 1. The number of alkyl carbamates (subject to hydrolysis) is 1. The summed E-state index contributed by atoms with van der Waals surface area (Å²) < 4.78 is 21.0. The van der Waals surface area contributed by atoms with Gasteiger partial charge in [0.1, 0.15) is 29.7 Å². The number of esters is 1. The third-order valence-corrected chi connectivity index (χ3v) is 5.01. The number of hydrogen-bond acceptors (Lipinski definition) is 7. The summed E-state index contributed by atoms with van der Waals surface area (Å²) in [4.78, 5) is 36.8. The molecule has 1 aromatic heterocycles. The Bertz CT molecular complexity index is 1380. The molecular formula is C25H21NO7. The van der Waals surface area contributed by atoms with E-state index < -0.39 is 23.7 Å². The van der Waals surface area contributed by atoms with E-state index in [0.29, 0.717) is 21.9 Å². The van der Waals surface area contributed by atoms with Crippen LogP contribution in [0.3, 0.4) is 0 Å². The molecule has 1 heterocycles. The molecule has 0 aliphatic carbocycles. The summed E-state index contributed by atoms with van der Waals surface area (Å²) >= 11 is 0. The highest BCUT2D eigenvalue weighted by molar-refractivity contribution is 6.05. The minimum absolute atomic E-state index is 0.0813. The maximum absolute atomic E-state index is 12.4. The second-order valence-corrected chi connectivity index (χ2v) is 7.31. The average Bonchev–Trinajstić information content (AvgIpc) is 2.83. The molecule has 0 fully saturated rings. The summed E-state index contributed by atoms with van der Waals surface area (Å²) in [5.41, 5.74) is 0.563. The van der Waals surface area contributed by atoms with E-state index in [1.807, 2.05) is 30.3 Å². The first-order valence-corrected chi connectivity index (χ1v) is 10.2. The first-order chi connectivity index (χ1) is 15.9. The summed E-state index contributed by atoms with van der Waals surface area (Å²) in [6.07, 6.45) is -0.741. The lowest BCUT2D eigenvalue weighted by atomic mass is 10.1. The summed E-state index contributed by atoms with van der Waals surface area (Å²) in [6.45, 7) is 1.56. The fourth-order valence-electron chi connectivity index (χ4n) is 3.29. The molecule has 0 spiro atoms. The highest BCUT2D eigenvalue weighted by Gasteiger charge is 2.19. The Morgan fingerprint density at radius 3 is 2.42 bits per heavy atom. The lowest BCUT2D eigenvalue weighted by molar-refractivity contribution is -0.136. The average molecular weight is 447 g/mol. The third kappa shape index (κ3) is 4.95. The second-order valence-electron chi connectivity index (χ2n) is 7.31. The number of amides is 1. The van der Waals surface area contributed by atoms with Crippen LogP contribution in [0.15, 0.2) is 75.9 Å². The van der Waals surface area contributed by atoms with E-state index in [2.05, 4.69) is 5.32 Å². The number of fused-ring (bicyclic) bond motifs is 3. The van der Waals surface area contributed by atoms with Gasteiger partial charge in [-0.25, -0.2) is 14.4 Å². The molecule has 0 aliphatic rings. The van der Waals surface area contributed by atoms with E-state index in [4.69, 9.17) is 18.6 Å². The molecule has 33 heavy (non-hydrogen) atoms. The quantitative estimate of drug-likeness (QED) is 0.205. The summed E-state index contributed by atoms with van der Waals surface area (Å²) in [7, 11) is 1.52. The highest BCUT2D eigenvalue weighted by atomic mass is 16.6. The third-order valence-electron chi connectivity index (χ3n) is 5.01. The number of carbonyl (C=O) groups is 2. The van der Waals surface area contributed by atoms with Crippen LogP contribution in [0.25, 0.3) is 21.7 Å². The summed E-state index contributed by atoms with van der Waals surface area (Å²) in [5, 5.41) is 4.19. The topological polar surface area (TPSA) is 104 Å². The van der Waals surface area contributed by atoms with E-state index in [9.17, 15) is 14.4 Å². The number of benzene rings is 3. The SMILES string of the molecule is COc1ccc2c(c1)c(=O)oc1cc(OC(=O)[C@H](C)NC(=O)OCc3ccccc3)ccc12. The Labute approximate surface area is 188 Å². The molecule has 0 saturated carbocycles. The first-order valence-electron chi connectivity index (χ1n) is 10.2. The Balaban J connectivity index is 1.44. The van der Waals surface area contributed by atoms with Crippen molar-refractivity contribution in [2.45, 2.75) is 19.6 Å². The standard InChI is InChI=1S/C25H21NO7/c1-15(26-25(29)31-14-16-6-4-3-5-7-16)23(27)32-18-9-11-20-19-10-8-17(30-2)12-21(19)24(28)33-22(20)13-18/h3-13,15H,14H2,1-2H3,(H,26,29)/t15-/m0/s1. The number of hydrogen-bond donors (Lipinski definition) is 1. The molecule has 8 heteroatoms. The van der Waals surface area contributed by atoms with Crippen molar-refractivity contribution in [2.75, 3.05) is 7.11 Å². The normalized spacial score (nSPS) is 11.7. The van der Waals surface area contributed by atoms with Gasteiger partial charge in [-0.3, -0.25) is 0 Å². The summed E-state index contributed by atoms with van der Waals surface area (Å²) in [6, 6.07) is 18.1. The molecule has 0 bridgehead atoms. The predicted molar refractivity (Wildman–Crippen MR) is 121 cm³/mol. The minimum atomic E-state index is -0.958. The van der Waals surface area contributed by atoms with E-state index in [1.54, 1.807) is 30.3 Å². The molecule has 1 amide bonds. The van der Waals surface area contributed by atoms with Crippen molar-refractivity contribution in [3.05, 3.63) is 82.7 Å². The van der Waals surface area contributed by atoms with Crippen LogP contribution in [0, 0.1) is 0 Å². The molecular weight excluding hydrogens is 426 g/mol. The van der Waals surface area contributed by atoms with Crippen LogP contribution >= 0.6 is 0 Å². The van der Waals surface area contributed by atoms with Crippen molar-refractivity contribution in [1.29, 1.82) is 0 Å². The molecule has 3 aromatic carbocycles. The number of methoxy groups -OCH3 is 1. The lowest BCUT2D eigenvalue weighted by Gasteiger charge is -2.14. The Morgan fingerprint density at radius 1 is 0.939 bits per heavy atom. The molecule has 4 rings (SSSR count). The molecule has 0 unspecified atom stereocenters. The fraction of sp³-hybridized carbons (Fsp3) is 0.160. The maximum atomic E-state index is 12.4. The van der Waals surface area contributed by atoms with Gasteiger partial charge in [-0.1, -0.05) is 30.3 Å². The van der Waals surface area contributed by atoms with E-state index >= 15 is 0 Å². The van der Waals surface area contributed by atoms with E-state index in [1.165, 1.54) is 20.1 Å². The van der Waals surface area contributed by atoms with Crippen LogP contribution in [0.2, 0.25) is 0 Å². The van der Waals surface area contributed by atoms with Crippen molar-refractivity contribution in [2.24, 2.45) is 0 Å². The minimum Gasteiger partial charge on any atom is -0.497 e. The van der Waals surface area contributed by atoms with Crippen molar-refractivity contribution >= 4 is 33.8 Å². The largest absolute Gasteiger partial charge is 0.497 e. The number of carbonyl (C=O) groups excluding carboxylic acids is 2. The molecule has 8 nitrogen and oxygen atoms in total. The molecule has 0 saturated heterocycles. The van der Waals surface area contributed by atoms with Crippen molar-refractivity contribution in [3.8, 4) is 11.5 Å². The second kappa shape index (κ2) is 9.44. The van der Waals surface area contributed by atoms with Gasteiger partial charge >= 0.3 is 17.7 Å². The smallest absolute Gasteiger partial charge is 0.408 e. The van der Waals surface area contributed by atoms with E-state index in [0.717, 1.165) is 5.56 Å². The van der Waals surface area contributed by atoms with Crippen LogP contribution < -0.4 is 20.4 Å². The van der Waals surface area contributed by atoms with Crippen LogP contribution in [0.1, 0.15) is 12.5 Å². The monoisotopic (exact) mass is 447 g/mol. The molecule has 0 aliphatic heterocycles. The van der Waals surface area contributed by atoms with Gasteiger partial charge < -0.3 is 23.9 Å². The molecule has 0 radical (unpaired) electrons. The zero-order chi connectivity index (χ0) is 23.4. The van der Waals surface area contributed by atoms with E-state index in [-0.39, 0.29) is 17.9 Å².